The Bertz CT molecular complexity index is 584. The average Bonchev–Trinajstić information content (AvgIpc) is 2.79. The Hall–Kier alpha value is -1.75. The molecule has 3 rings (SSSR count). The van der Waals surface area contributed by atoms with Crippen LogP contribution in [-0.2, 0) is 4.79 Å². The van der Waals surface area contributed by atoms with E-state index < -0.39 is 0 Å². The first-order valence-corrected chi connectivity index (χ1v) is 6.00. The predicted molar refractivity (Wildman–Crippen MR) is 70.5 cm³/mol. The number of fused-ring (bicyclic) bond motifs is 1. The second-order valence-corrected chi connectivity index (χ2v) is 4.61. The van der Waals surface area contributed by atoms with Gasteiger partial charge in [0.2, 0.25) is 0 Å². The maximum Gasteiger partial charge on any atom is 0.127 e. The fourth-order valence-corrected chi connectivity index (χ4v) is 2.46. The Labute approximate surface area is 105 Å². The Morgan fingerprint density at radius 2 is 1.83 bits per heavy atom. The molecule has 4 N–H and O–H groups in total. The van der Waals surface area contributed by atoms with Crippen LogP contribution in [0.3, 0.4) is 0 Å². The van der Waals surface area contributed by atoms with Crippen LogP contribution >= 0.6 is 0 Å². The van der Waals surface area contributed by atoms with E-state index in [1.54, 1.807) is 0 Å². The van der Waals surface area contributed by atoms with Gasteiger partial charge in [0.15, 0.2) is 0 Å². The zero-order valence-corrected chi connectivity index (χ0v) is 9.84. The molecule has 0 radical (unpaired) electrons. The Morgan fingerprint density at radius 3 is 2.61 bits per heavy atom. The van der Waals surface area contributed by atoms with Crippen molar-refractivity contribution in [3.8, 4) is 0 Å². The van der Waals surface area contributed by atoms with Crippen LogP contribution in [0.4, 0.5) is 0 Å². The quantitative estimate of drug-likeness (QED) is 0.688. The number of hydrazine groups is 1. The van der Waals surface area contributed by atoms with Gasteiger partial charge in [0.1, 0.15) is 6.29 Å². The van der Waals surface area contributed by atoms with Crippen molar-refractivity contribution in [2.24, 2.45) is 11.7 Å². The lowest BCUT2D eigenvalue weighted by atomic mass is 9.93. The number of carbonyl (C=O) groups excluding carboxylic acids is 1. The van der Waals surface area contributed by atoms with E-state index in [1.807, 2.05) is 18.2 Å². The molecule has 0 aromatic heterocycles. The standard InChI is InChI=1S/C14H15N3O/c15-14-12(8-18)13(16-17-14)11-6-5-9-3-1-2-4-10(9)7-11/h1-8,12-14,16-17H,15H2. The minimum Gasteiger partial charge on any atom is -0.314 e. The van der Waals surface area contributed by atoms with Crippen molar-refractivity contribution in [1.82, 2.24) is 10.9 Å². The molecule has 0 aliphatic carbocycles. The lowest BCUT2D eigenvalue weighted by Gasteiger charge is -2.15. The molecule has 0 spiro atoms. The van der Waals surface area contributed by atoms with Crippen molar-refractivity contribution in [2.45, 2.75) is 12.2 Å². The van der Waals surface area contributed by atoms with Crippen molar-refractivity contribution in [1.29, 1.82) is 0 Å². The first kappa shape index (κ1) is 11.3. The molecule has 0 amide bonds. The van der Waals surface area contributed by atoms with E-state index in [0.29, 0.717) is 0 Å². The number of benzene rings is 2. The third-order valence-electron chi connectivity index (χ3n) is 3.49. The highest BCUT2D eigenvalue weighted by atomic mass is 16.1. The summed E-state index contributed by atoms with van der Waals surface area (Å²) in [7, 11) is 0. The molecule has 3 atom stereocenters. The maximum absolute atomic E-state index is 11.1. The Morgan fingerprint density at radius 1 is 1.06 bits per heavy atom. The number of hydrogen-bond acceptors (Lipinski definition) is 4. The molecule has 2 aromatic carbocycles. The van der Waals surface area contributed by atoms with Gasteiger partial charge in [-0.2, -0.15) is 0 Å². The van der Waals surface area contributed by atoms with Gasteiger partial charge < -0.3 is 10.5 Å². The van der Waals surface area contributed by atoms with Gasteiger partial charge in [0.25, 0.3) is 0 Å². The number of carbonyl (C=O) groups is 1. The van der Waals surface area contributed by atoms with Crippen LogP contribution in [0.25, 0.3) is 10.8 Å². The Balaban J connectivity index is 2.01. The van der Waals surface area contributed by atoms with Gasteiger partial charge in [0.05, 0.1) is 18.1 Å². The highest BCUT2D eigenvalue weighted by molar-refractivity contribution is 5.83. The van der Waals surface area contributed by atoms with Crippen LogP contribution in [-0.4, -0.2) is 12.5 Å². The number of nitrogens with two attached hydrogens (primary N) is 1. The van der Waals surface area contributed by atoms with Crippen LogP contribution in [0.1, 0.15) is 11.6 Å². The maximum atomic E-state index is 11.1. The minimum atomic E-state index is -0.334. The summed E-state index contributed by atoms with van der Waals surface area (Å²) >= 11 is 0. The summed E-state index contributed by atoms with van der Waals surface area (Å²) in [6.45, 7) is 0. The molecule has 18 heavy (non-hydrogen) atoms. The van der Waals surface area contributed by atoms with Crippen molar-refractivity contribution in [3.63, 3.8) is 0 Å². The molecular weight excluding hydrogens is 226 g/mol. The van der Waals surface area contributed by atoms with E-state index in [1.165, 1.54) is 10.8 Å². The van der Waals surface area contributed by atoms with E-state index in [9.17, 15) is 4.79 Å². The monoisotopic (exact) mass is 241 g/mol. The summed E-state index contributed by atoms with van der Waals surface area (Å²) < 4.78 is 0. The normalized spacial score (nSPS) is 27.5. The zero-order chi connectivity index (χ0) is 12.5. The van der Waals surface area contributed by atoms with Crippen LogP contribution in [0.2, 0.25) is 0 Å². The largest absolute Gasteiger partial charge is 0.314 e. The second kappa shape index (κ2) is 4.49. The molecule has 1 fully saturated rings. The molecule has 3 unspecified atom stereocenters. The van der Waals surface area contributed by atoms with Crippen molar-refractivity contribution in [2.75, 3.05) is 0 Å². The zero-order valence-electron chi connectivity index (χ0n) is 9.84. The SMILES string of the molecule is NC1NNC(c2ccc3ccccc3c2)C1C=O. The summed E-state index contributed by atoms with van der Waals surface area (Å²) in [6.07, 6.45) is 0.580. The third kappa shape index (κ3) is 1.80. The predicted octanol–water partition coefficient (Wildman–Crippen LogP) is 1.09. The number of rotatable bonds is 2. The summed E-state index contributed by atoms with van der Waals surface area (Å²) in [5.41, 5.74) is 12.9. The molecule has 1 aliphatic heterocycles. The third-order valence-corrected chi connectivity index (χ3v) is 3.49. The number of nitrogens with one attached hydrogen (secondary N) is 2. The van der Waals surface area contributed by atoms with E-state index in [-0.39, 0.29) is 18.1 Å². The number of hydrogen-bond donors (Lipinski definition) is 3. The molecule has 2 aromatic rings. The lowest BCUT2D eigenvalue weighted by molar-refractivity contribution is -0.111. The molecule has 4 nitrogen and oxygen atoms in total. The topological polar surface area (TPSA) is 67.2 Å². The lowest BCUT2D eigenvalue weighted by Crippen LogP contribution is -2.39. The minimum absolute atomic E-state index is 0.0675. The van der Waals surface area contributed by atoms with E-state index in [4.69, 9.17) is 5.73 Å². The van der Waals surface area contributed by atoms with Crippen molar-refractivity contribution in [3.05, 3.63) is 48.0 Å². The van der Waals surface area contributed by atoms with Gasteiger partial charge in [-0.1, -0.05) is 36.4 Å². The summed E-state index contributed by atoms with van der Waals surface area (Å²) in [6, 6.07) is 14.3. The molecule has 0 bridgehead atoms. The van der Waals surface area contributed by atoms with E-state index >= 15 is 0 Å². The second-order valence-electron chi connectivity index (χ2n) is 4.61. The highest BCUT2D eigenvalue weighted by Gasteiger charge is 2.34. The Kier molecular flexibility index (Phi) is 2.83. The van der Waals surface area contributed by atoms with Gasteiger partial charge >= 0.3 is 0 Å². The van der Waals surface area contributed by atoms with Crippen molar-refractivity contribution >= 4 is 17.1 Å². The fraction of sp³-hybridized carbons (Fsp3) is 0.214. The van der Waals surface area contributed by atoms with E-state index in [2.05, 4.69) is 35.1 Å². The molecule has 92 valence electrons. The number of aldehydes is 1. The summed E-state index contributed by atoms with van der Waals surface area (Å²) in [5, 5.41) is 2.36. The molecular formula is C14H15N3O. The summed E-state index contributed by atoms with van der Waals surface area (Å²) in [5.74, 6) is -0.244. The van der Waals surface area contributed by atoms with Gasteiger partial charge in [-0.25, -0.2) is 10.9 Å². The van der Waals surface area contributed by atoms with Crippen LogP contribution in [0.15, 0.2) is 42.5 Å². The van der Waals surface area contributed by atoms with E-state index in [0.717, 1.165) is 11.8 Å². The average molecular weight is 241 g/mol. The summed E-state index contributed by atoms with van der Waals surface area (Å²) in [4.78, 5) is 11.1. The van der Waals surface area contributed by atoms with Gasteiger partial charge in [-0.3, -0.25) is 0 Å². The van der Waals surface area contributed by atoms with Gasteiger partial charge in [0, 0.05) is 0 Å². The molecule has 1 saturated heterocycles. The first-order valence-electron chi connectivity index (χ1n) is 6.00. The van der Waals surface area contributed by atoms with Gasteiger partial charge in [-0.15, -0.1) is 0 Å². The van der Waals surface area contributed by atoms with Crippen molar-refractivity contribution < 1.29 is 4.79 Å². The fourth-order valence-electron chi connectivity index (χ4n) is 2.46. The van der Waals surface area contributed by atoms with Crippen LogP contribution in [0, 0.1) is 5.92 Å². The smallest absolute Gasteiger partial charge is 0.127 e. The van der Waals surface area contributed by atoms with Crippen LogP contribution in [0.5, 0.6) is 0 Å². The van der Waals surface area contributed by atoms with Crippen LogP contribution < -0.4 is 16.6 Å². The first-order chi connectivity index (χ1) is 8.79. The molecule has 0 saturated carbocycles. The highest BCUT2D eigenvalue weighted by Crippen LogP contribution is 2.28. The molecule has 1 aliphatic rings. The molecule has 4 heteroatoms. The van der Waals surface area contributed by atoms with Gasteiger partial charge in [-0.05, 0) is 22.4 Å². The molecule has 1 heterocycles.